The van der Waals surface area contributed by atoms with E-state index in [1.807, 2.05) is 31.2 Å². The topological polar surface area (TPSA) is 58.2 Å². The Morgan fingerprint density at radius 1 is 1.00 bits per heavy atom. The lowest BCUT2D eigenvalue weighted by Crippen LogP contribution is -2.27. The molecule has 4 nitrogen and oxygen atoms in total. The minimum absolute atomic E-state index is 0.0104. The maximum atomic E-state index is 11.7. The van der Waals surface area contributed by atoms with Gasteiger partial charge in [0.1, 0.15) is 0 Å². The number of hydrogen-bond donors (Lipinski definition) is 2. The summed E-state index contributed by atoms with van der Waals surface area (Å²) in [7, 11) is 0. The van der Waals surface area contributed by atoms with Gasteiger partial charge in [-0.2, -0.15) is 0 Å². The molecule has 2 aliphatic rings. The van der Waals surface area contributed by atoms with Crippen LogP contribution in [-0.4, -0.2) is 11.8 Å². The van der Waals surface area contributed by atoms with Gasteiger partial charge in [0.25, 0.3) is 0 Å². The van der Waals surface area contributed by atoms with Gasteiger partial charge in [-0.15, -0.1) is 0 Å². The van der Waals surface area contributed by atoms with Crippen LogP contribution in [0.3, 0.4) is 0 Å². The van der Waals surface area contributed by atoms with Crippen LogP contribution in [0.5, 0.6) is 0 Å². The average Bonchev–Trinajstić information content (AvgIpc) is 3.31. The van der Waals surface area contributed by atoms with Crippen molar-refractivity contribution in [1.82, 2.24) is 5.32 Å². The Hall–Kier alpha value is -1.84. The van der Waals surface area contributed by atoms with E-state index in [4.69, 9.17) is 0 Å². The van der Waals surface area contributed by atoms with E-state index < -0.39 is 0 Å². The quantitative estimate of drug-likeness (QED) is 0.865. The molecule has 0 saturated heterocycles. The molecular weight excluding hydrogens is 252 g/mol. The molecular formula is C16H20N2O2. The maximum Gasteiger partial charge on any atom is 0.227 e. The van der Waals surface area contributed by atoms with Crippen LogP contribution in [0.2, 0.25) is 0 Å². The van der Waals surface area contributed by atoms with Gasteiger partial charge in [0.15, 0.2) is 0 Å². The van der Waals surface area contributed by atoms with Gasteiger partial charge in [-0.25, -0.2) is 0 Å². The summed E-state index contributed by atoms with van der Waals surface area (Å²) in [5.41, 5.74) is 1.88. The highest BCUT2D eigenvalue weighted by atomic mass is 16.2. The van der Waals surface area contributed by atoms with Crippen molar-refractivity contribution in [1.29, 1.82) is 0 Å². The molecule has 2 aliphatic carbocycles. The molecule has 0 heterocycles. The summed E-state index contributed by atoms with van der Waals surface area (Å²) < 4.78 is 0. The number of rotatable bonds is 5. The molecule has 4 heteroatoms. The molecule has 1 aromatic rings. The highest BCUT2D eigenvalue weighted by molar-refractivity contribution is 5.94. The first-order valence-corrected chi connectivity index (χ1v) is 7.34. The van der Waals surface area contributed by atoms with E-state index in [0.29, 0.717) is 0 Å². The van der Waals surface area contributed by atoms with Gasteiger partial charge >= 0.3 is 0 Å². The molecule has 2 N–H and O–H groups in total. The highest BCUT2D eigenvalue weighted by Gasteiger charge is 2.31. The highest BCUT2D eigenvalue weighted by Crippen LogP contribution is 2.31. The number of benzene rings is 1. The van der Waals surface area contributed by atoms with Gasteiger partial charge in [0.05, 0.1) is 6.04 Å². The van der Waals surface area contributed by atoms with Gasteiger partial charge in [-0.05, 0) is 50.3 Å². The first kappa shape index (κ1) is 13.2. The standard InChI is InChI=1S/C16H20N2O2/c1-10(17-15(19)12-2-3-12)11-6-8-14(9-7-11)18-16(20)13-4-5-13/h6-10,12-13H,2-5H2,1H3,(H,17,19)(H,18,20). The minimum atomic E-state index is 0.0104. The molecule has 20 heavy (non-hydrogen) atoms. The summed E-state index contributed by atoms with van der Waals surface area (Å²) in [5, 5.41) is 5.93. The average molecular weight is 272 g/mol. The van der Waals surface area contributed by atoms with Crippen molar-refractivity contribution in [3.05, 3.63) is 29.8 Å². The number of amides is 2. The summed E-state index contributed by atoms with van der Waals surface area (Å²) in [5.74, 6) is 0.720. The lowest BCUT2D eigenvalue weighted by molar-refractivity contribution is -0.123. The lowest BCUT2D eigenvalue weighted by Gasteiger charge is -2.15. The number of carbonyl (C=O) groups excluding carboxylic acids is 2. The summed E-state index contributed by atoms with van der Waals surface area (Å²) in [6, 6.07) is 7.72. The van der Waals surface area contributed by atoms with Gasteiger partial charge < -0.3 is 10.6 Å². The number of hydrogen-bond acceptors (Lipinski definition) is 2. The fourth-order valence-corrected chi connectivity index (χ4v) is 2.21. The molecule has 2 fully saturated rings. The zero-order chi connectivity index (χ0) is 14.1. The Kier molecular flexibility index (Phi) is 3.47. The van der Waals surface area contributed by atoms with Crippen LogP contribution in [0.25, 0.3) is 0 Å². The molecule has 0 spiro atoms. The third-order valence-electron chi connectivity index (χ3n) is 3.93. The molecule has 0 radical (unpaired) electrons. The van der Waals surface area contributed by atoms with Crippen LogP contribution in [0.4, 0.5) is 5.69 Å². The third-order valence-corrected chi connectivity index (χ3v) is 3.93. The molecule has 2 amide bonds. The van der Waals surface area contributed by atoms with Crippen LogP contribution < -0.4 is 10.6 Å². The monoisotopic (exact) mass is 272 g/mol. The molecule has 106 valence electrons. The van der Waals surface area contributed by atoms with Crippen LogP contribution in [0.15, 0.2) is 24.3 Å². The van der Waals surface area contributed by atoms with Crippen molar-refractivity contribution in [2.75, 3.05) is 5.32 Å². The Balaban J connectivity index is 1.56. The maximum absolute atomic E-state index is 11.7. The van der Waals surface area contributed by atoms with E-state index >= 15 is 0 Å². The number of anilines is 1. The first-order valence-electron chi connectivity index (χ1n) is 7.34. The summed E-state index contributed by atoms with van der Waals surface area (Å²) in [6.45, 7) is 1.98. The number of carbonyl (C=O) groups is 2. The second-order valence-electron chi connectivity index (χ2n) is 5.89. The largest absolute Gasteiger partial charge is 0.349 e. The van der Waals surface area contributed by atoms with E-state index in [1.54, 1.807) is 0 Å². The van der Waals surface area contributed by atoms with Crippen LogP contribution in [-0.2, 0) is 9.59 Å². The SMILES string of the molecule is CC(NC(=O)C1CC1)c1ccc(NC(=O)C2CC2)cc1. The Bertz CT molecular complexity index is 516. The van der Waals surface area contributed by atoms with Gasteiger partial charge in [-0.1, -0.05) is 12.1 Å². The fraction of sp³-hybridized carbons (Fsp3) is 0.500. The van der Waals surface area contributed by atoms with E-state index in [2.05, 4.69) is 10.6 Å². The predicted octanol–water partition coefficient (Wildman–Crippen LogP) is 2.62. The predicted molar refractivity (Wildman–Crippen MR) is 77.1 cm³/mol. The molecule has 0 bridgehead atoms. The van der Waals surface area contributed by atoms with Gasteiger partial charge in [0.2, 0.25) is 11.8 Å². The summed E-state index contributed by atoms with van der Waals surface area (Å²) in [6.07, 6.45) is 4.05. The second-order valence-corrected chi connectivity index (χ2v) is 5.89. The molecule has 1 atom stereocenters. The van der Waals surface area contributed by atoms with Crippen molar-refractivity contribution < 1.29 is 9.59 Å². The molecule has 2 saturated carbocycles. The van der Waals surface area contributed by atoms with E-state index in [1.165, 1.54) is 0 Å². The van der Waals surface area contributed by atoms with Crippen molar-refractivity contribution in [3.8, 4) is 0 Å². The number of nitrogens with one attached hydrogen (secondary N) is 2. The molecule has 3 rings (SSSR count). The van der Waals surface area contributed by atoms with Crippen LogP contribution in [0, 0.1) is 11.8 Å². The lowest BCUT2D eigenvalue weighted by atomic mass is 10.1. The van der Waals surface area contributed by atoms with Crippen molar-refractivity contribution >= 4 is 17.5 Å². The molecule has 1 unspecified atom stereocenters. The van der Waals surface area contributed by atoms with Crippen molar-refractivity contribution in [2.24, 2.45) is 11.8 Å². The Morgan fingerprint density at radius 3 is 2.10 bits per heavy atom. The fourth-order valence-electron chi connectivity index (χ4n) is 2.21. The molecule has 0 aliphatic heterocycles. The van der Waals surface area contributed by atoms with E-state index in [-0.39, 0.29) is 29.7 Å². The molecule has 1 aromatic carbocycles. The normalized spacial score (nSPS) is 19.2. The van der Waals surface area contributed by atoms with Crippen LogP contribution >= 0.6 is 0 Å². The second kappa shape index (κ2) is 5.27. The van der Waals surface area contributed by atoms with Gasteiger partial charge in [-0.3, -0.25) is 9.59 Å². The Labute approximate surface area is 118 Å². The Morgan fingerprint density at radius 2 is 1.55 bits per heavy atom. The zero-order valence-corrected chi connectivity index (χ0v) is 11.7. The van der Waals surface area contributed by atoms with E-state index in [9.17, 15) is 9.59 Å². The third kappa shape index (κ3) is 3.18. The van der Waals surface area contributed by atoms with Gasteiger partial charge in [0, 0.05) is 17.5 Å². The smallest absolute Gasteiger partial charge is 0.227 e. The summed E-state index contributed by atoms with van der Waals surface area (Å²) in [4.78, 5) is 23.4. The minimum Gasteiger partial charge on any atom is -0.349 e. The molecule has 0 aromatic heterocycles. The van der Waals surface area contributed by atoms with Crippen molar-refractivity contribution in [2.45, 2.75) is 38.6 Å². The first-order chi connectivity index (χ1) is 9.63. The van der Waals surface area contributed by atoms with E-state index in [0.717, 1.165) is 36.9 Å². The summed E-state index contributed by atoms with van der Waals surface area (Å²) >= 11 is 0. The van der Waals surface area contributed by atoms with Crippen molar-refractivity contribution in [3.63, 3.8) is 0 Å². The van der Waals surface area contributed by atoms with Crippen LogP contribution in [0.1, 0.15) is 44.2 Å². The zero-order valence-electron chi connectivity index (χ0n) is 11.7.